The van der Waals surface area contributed by atoms with Crippen molar-refractivity contribution in [3.05, 3.63) is 17.5 Å². The Balaban J connectivity index is 0.000000845. The highest BCUT2D eigenvalue weighted by atomic mass is 35.5. The predicted octanol–water partition coefficient (Wildman–Crippen LogP) is 2.08. The smallest absolute Gasteiger partial charge is 0.153 e. The lowest BCUT2D eigenvalue weighted by molar-refractivity contribution is 0.347. The first-order valence-electron chi connectivity index (χ1n) is 4.59. The standard InChI is InChI=1S/C9H14N2O.ClH/c1-2-7-6-9(12-11-7)8-4-3-5-10-8;/h6,8,10H,2-5H2,1H3;1H. The number of hydrogen-bond acceptors (Lipinski definition) is 3. The second-order valence-corrected chi connectivity index (χ2v) is 3.22. The molecule has 3 nitrogen and oxygen atoms in total. The molecule has 1 aliphatic heterocycles. The first-order chi connectivity index (χ1) is 5.90. The lowest BCUT2D eigenvalue weighted by Crippen LogP contribution is -2.11. The van der Waals surface area contributed by atoms with Crippen LogP contribution in [0.15, 0.2) is 10.6 Å². The molecule has 0 saturated carbocycles. The number of hydrogen-bond donors (Lipinski definition) is 1. The number of halogens is 1. The summed E-state index contributed by atoms with van der Waals surface area (Å²) in [6, 6.07) is 2.47. The molecule has 1 unspecified atom stereocenters. The van der Waals surface area contributed by atoms with Gasteiger partial charge in [0.1, 0.15) is 0 Å². The van der Waals surface area contributed by atoms with Gasteiger partial charge in [0.05, 0.1) is 11.7 Å². The Morgan fingerprint density at radius 2 is 2.54 bits per heavy atom. The van der Waals surface area contributed by atoms with Crippen LogP contribution in [0.25, 0.3) is 0 Å². The Morgan fingerprint density at radius 1 is 1.69 bits per heavy atom. The molecule has 1 atom stereocenters. The van der Waals surface area contributed by atoms with Crippen molar-refractivity contribution in [3.8, 4) is 0 Å². The fourth-order valence-corrected chi connectivity index (χ4v) is 1.59. The molecule has 1 aromatic rings. The second-order valence-electron chi connectivity index (χ2n) is 3.22. The lowest BCUT2D eigenvalue weighted by atomic mass is 10.1. The Hall–Kier alpha value is -0.540. The fraction of sp³-hybridized carbons (Fsp3) is 0.667. The summed E-state index contributed by atoms with van der Waals surface area (Å²) < 4.78 is 5.23. The van der Waals surface area contributed by atoms with E-state index in [9.17, 15) is 0 Å². The van der Waals surface area contributed by atoms with Gasteiger partial charge in [0.2, 0.25) is 0 Å². The average molecular weight is 203 g/mol. The summed E-state index contributed by atoms with van der Waals surface area (Å²) in [5.41, 5.74) is 1.05. The van der Waals surface area contributed by atoms with Crippen molar-refractivity contribution in [1.29, 1.82) is 0 Å². The third-order valence-electron chi connectivity index (χ3n) is 2.34. The fourth-order valence-electron chi connectivity index (χ4n) is 1.59. The molecular formula is C9H15ClN2O. The van der Waals surface area contributed by atoms with Crippen molar-refractivity contribution in [1.82, 2.24) is 10.5 Å². The van der Waals surface area contributed by atoms with E-state index in [4.69, 9.17) is 4.52 Å². The van der Waals surface area contributed by atoms with Crippen molar-refractivity contribution in [2.75, 3.05) is 6.54 Å². The number of aryl methyl sites for hydroxylation is 1. The maximum Gasteiger partial charge on any atom is 0.153 e. The van der Waals surface area contributed by atoms with Crippen molar-refractivity contribution < 1.29 is 4.52 Å². The number of aromatic nitrogens is 1. The van der Waals surface area contributed by atoms with Crippen molar-refractivity contribution in [3.63, 3.8) is 0 Å². The molecule has 1 saturated heterocycles. The Bertz CT molecular complexity index is 256. The predicted molar refractivity (Wildman–Crippen MR) is 53.1 cm³/mol. The van der Waals surface area contributed by atoms with E-state index in [1.807, 2.05) is 0 Å². The molecule has 4 heteroatoms. The monoisotopic (exact) mass is 202 g/mol. The summed E-state index contributed by atoms with van der Waals surface area (Å²) in [5.74, 6) is 1.00. The molecule has 0 spiro atoms. The molecule has 1 aliphatic rings. The van der Waals surface area contributed by atoms with E-state index >= 15 is 0 Å². The number of nitrogens with one attached hydrogen (secondary N) is 1. The van der Waals surface area contributed by atoms with Gasteiger partial charge in [0.15, 0.2) is 5.76 Å². The Morgan fingerprint density at radius 3 is 3.08 bits per heavy atom. The number of rotatable bonds is 2. The number of nitrogens with zero attached hydrogens (tertiary/aromatic N) is 1. The lowest BCUT2D eigenvalue weighted by Gasteiger charge is -2.02. The zero-order valence-electron chi connectivity index (χ0n) is 7.75. The highest BCUT2D eigenvalue weighted by molar-refractivity contribution is 5.85. The third kappa shape index (κ3) is 2.23. The molecule has 1 aromatic heterocycles. The molecule has 0 aromatic carbocycles. The minimum absolute atomic E-state index is 0. The summed E-state index contributed by atoms with van der Waals surface area (Å²) in [4.78, 5) is 0. The van der Waals surface area contributed by atoms with E-state index in [1.54, 1.807) is 0 Å². The second kappa shape index (κ2) is 4.63. The van der Waals surface area contributed by atoms with E-state index < -0.39 is 0 Å². The summed E-state index contributed by atoms with van der Waals surface area (Å²) in [7, 11) is 0. The van der Waals surface area contributed by atoms with E-state index in [2.05, 4.69) is 23.5 Å². The van der Waals surface area contributed by atoms with Crippen LogP contribution in [0.4, 0.5) is 0 Å². The molecule has 0 aliphatic carbocycles. The van der Waals surface area contributed by atoms with Crippen LogP contribution in [-0.4, -0.2) is 11.7 Å². The molecule has 0 bridgehead atoms. The minimum Gasteiger partial charge on any atom is -0.359 e. The highest BCUT2D eigenvalue weighted by Gasteiger charge is 2.19. The van der Waals surface area contributed by atoms with E-state index in [1.165, 1.54) is 12.8 Å². The highest BCUT2D eigenvalue weighted by Crippen LogP contribution is 2.23. The zero-order chi connectivity index (χ0) is 8.39. The van der Waals surface area contributed by atoms with Crippen LogP contribution in [-0.2, 0) is 6.42 Å². The Labute approximate surface area is 84.3 Å². The van der Waals surface area contributed by atoms with Crippen LogP contribution < -0.4 is 5.32 Å². The van der Waals surface area contributed by atoms with Crippen molar-refractivity contribution in [2.24, 2.45) is 0 Å². The summed E-state index contributed by atoms with van der Waals surface area (Å²) in [5, 5.41) is 7.34. The molecule has 74 valence electrons. The van der Waals surface area contributed by atoms with Crippen molar-refractivity contribution >= 4 is 12.4 Å². The third-order valence-corrected chi connectivity index (χ3v) is 2.34. The summed E-state index contributed by atoms with van der Waals surface area (Å²) in [6.45, 7) is 3.19. The Kier molecular flexibility index (Phi) is 3.75. The van der Waals surface area contributed by atoms with Gasteiger partial charge < -0.3 is 9.84 Å². The maximum absolute atomic E-state index is 5.23. The van der Waals surface area contributed by atoms with Gasteiger partial charge in [-0.15, -0.1) is 12.4 Å². The van der Waals surface area contributed by atoms with Crippen LogP contribution in [0.5, 0.6) is 0 Å². The first kappa shape index (κ1) is 10.5. The topological polar surface area (TPSA) is 38.1 Å². The molecule has 1 N–H and O–H groups in total. The van der Waals surface area contributed by atoms with Gasteiger partial charge in [-0.25, -0.2) is 0 Å². The molecule has 0 radical (unpaired) electrons. The van der Waals surface area contributed by atoms with Crippen LogP contribution in [0, 0.1) is 0 Å². The first-order valence-corrected chi connectivity index (χ1v) is 4.59. The van der Waals surface area contributed by atoms with E-state index in [0.29, 0.717) is 6.04 Å². The van der Waals surface area contributed by atoms with Gasteiger partial charge >= 0.3 is 0 Å². The molecule has 2 heterocycles. The minimum atomic E-state index is 0. The van der Waals surface area contributed by atoms with Crippen LogP contribution in [0.1, 0.15) is 37.3 Å². The quantitative estimate of drug-likeness (QED) is 0.798. The largest absolute Gasteiger partial charge is 0.359 e. The molecular weight excluding hydrogens is 188 g/mol. The van der Waals surface area contributed by atoms with Gasteiger partial charge in [0, 0.05) is 6.07 Å². The van der Waals surface area contributed by atoms with Gasteiger partial charge in [0.25, 0.3) is 0 Å². The van der Waals surface area contributed by atoms with Crippen molar-refractivity contribution in [2.45, 2.75) is 32.2 Å². The normalized spacial score (nSPS) is 21.5. The zero-order valence-corrected chi connectivity index (χ0v) is 8.56. The van der Waals surface area contributed by atoms with Gasteiger partial charge in [-0.1, -0.05) is 12.1 Å². The molecule has 2 rings (SSSR count). The molecule has 1 fully saturated rings. The van der Waals surface area contributed by atoms with E-state index in [0.717, 1.165) is 24.4 Å². The van der Waals surface area contributed by atoms with Crippen LogP contribution in [0.2, 0.25) is 0 Å². The van der Waals surface area contributed by atoms with Gasteiger partial charge in [-0.3, -0.25) is 0 Å². The summed E-state index contributed by atoms with van der Waals surface area (Å²) >= 11 is 0. The van der Waals surface area contributed by atoms with Gasteiger partial charge in [-0.2, -0.15) is 0 Å². The maximum atomic E-state index is 5.23. The summed E-state index contributed by atoms with van der Waals surface area (Å²) in [6.07, 6.45) is 3.38. The molecule has 13 heavy (non-hydrogen) atoms. The van der Waals surface area contributed by atoms with Crippen LogP contribution in [0.3, 0.4) is 0 Å². The molecule has 0 amide bonds. The van der Waals surface area contributed by atoms with Crippen LogP contribution >= 0.6 is 12.4 Å². The van der Waals surface area contributed by atoms with Gasteiger partial charge in [-0.05, 0) is 25.8 Å². The average Bonchev–Trinajstić information content (AvgIpc) is 2.75. The van der Waals surface area contributed by atoms with E-state index in [-0.39, 0.29) is 12.4 Å². The SMILES string of the molecule is CCc1cc(C2CCCN2)on1.Cl.